The molecular weight excluding hydrogens is 307 g/mol. The summed E-state index contributed by atoms with van der Waals surface area (Å²) >= 11 is 8.97. The molecule has 0 bridgehead atoms. The van der Waals surface area contributed by atoms with E-state index in [9.17, 15) is 9.59 Å². The lowest BCUT2D eigenvalue weighted by atomic mass is 10.0. The number of esters is 1. The van der Waals surface area contributed by atoms with Crippen LogP contribution in [0.15, 0.2) is 18.2 Å². The summed E-state index contributed by atoms with van der Waals surface area (Å²) in [6.07, 6.45) is 0. The second-order valence-electron chi connectivity index (χ2n) is 3.52. The third-order valence-electron chi connectivity index (χ3n) is 2.31. The average molecular weight is 320 g/mol. The van der Waals surface area contributed by atoms with Crippen LogP contribution < -0.4 is 0 Å². The number of Topliss-reactive ketones (excluding diaryl/α,β-unsaturated/α-hetero) is 1. The molecule has 92 valence electrons. The monoisotopic (exact) mass is 318 g/mol. The Morgan fingerprint density at radius 2 is 2.12 bits per heavy atom. The molecule has 1 rings (SSSR count). The fourth-order valence-electron chi connectivity index (χ4n) is 1.41. The van der Waals surface area contributed by atoms with E-state index in [1.165, 1.54) is 14.0 Å². The summed E-state index contributed by atoms with van der Waals surface area (Å²) in [4.78, 5) is 22.5. The van der Waals surface area contributed by atoms with Crippen molar-refractivity contribution >= 4 is 39.3 Å². The number of halogens is 2. The highest BCUT2D eigenvalue weighted by Gasteiger charge is 2.21. The van der Waals surface area contributed by atoms with Crippen molar-refractivity contribution in [2.45, 2.75) is 17.6 Å². The van der Waals surface area contributed by atoms with Crippen LogP contribution in [0.3, 0.4) is 0 Å². The molecule has 1 aromatic carbocycles. The van der Waals surface area contributed by atoms with Crippen molar-refractivity contribution < 1.29 is 14.3 Å². The Hall–Kier alpha value is -0.870. The molecule has 0 fully saturated rings. The zero-order chi connectivity index (χ0) is 13.0. The maximum atomic E-state index is 11.6. The molecule has 3 nitrogen and oxygen atoms in total. The lowest BCUT2D eigenvalue weighted by Gasteiger charge is -2.12. The van der Waals surface area contributed by atoms with E-state index in [1.807, 2.05) is 0 Å². The van der Waals surface area contributed by atoms with Crippen LogP contribution in [0, 0.1) is 0 Å². The van der Waals surface area contributed by atoms with Gasteiger partial charge in [-0.1, -0.05) is 28.1 Å². The second kappa shape index (κ2) is 6.17. The van der Waals surface area contributed by atoms with Crippen LogP contribution in [0.2, 0.25) is 0 Å². The number of methoxy groups -OCH3 is 1. The molecule has 17 heavy (non-hydrogen) atoms. The maximum Gasteiger partial charge on any atom is 0.338 e. The predicted molar refractivity (Wildman–Crippen MR) is 69.7 cm³/mol. The minimum Gasteiger partial charge on any atom is -0.465 e. The molecule has 0 aliphatic heterocycles. The van der Waals surface area contributed by atoms with Gasteiger partial charge in [0.25, 0.3) is 0 Å². The normalized spacial score (nSPS) is 12.0. The van der Waals surface area contributed by atoms with E-state index in [0.717, 1.165) is 5.56 Å². The topological polar surface area (TPSA) is 43.4 Å². The van der Waals surface area contributed by atoms with Crippen molar-refractivity contribution in [3.05, 3.63) is 34.9 Å². The van der Waals surface area contributed by atoms with E-state index in [4.69, 9.17) is 16.3 Å². The predicted octanol–water partition coefficient (Wildman–Crippen LogP) is 3.24. The molecule has 0 aliphatic rings. The summed E-state index contributed by atoms with van der Waals surface area (Å²) in [6.45, 7) is 1.45. The van der Waals surface area contributed by atoms with Crippen molar-refractivity contribution in [1.29, 1.82) is 0 Å². The van der Waals surface area contributed by atoms with Gasteiger partial charge in [0.1, 0.15) is 5.78 Å². The average Bonchev–Trinajstić information content (AvgIpc) is 2.35. The number of ketones is 1. The third-order valence-corrected chi connectivity index (χ3v) is 3.75. The van der Waals surface area contributed by atoms with Gasteiger partial charge < -0.3 is 4.74 Å². The summed E-state index contributed by atoms with van der Waals surface area (Å²) in [7, 11) is 1.30. The number of rotatable bonds is 4. The lowest BCUT2D eigenvalue weighted by molar-refractivity contribution is -0.116. The molecule has 0 aliphatic carbocycles. The van der Waals surface area contributed by atoms with Crippen LogP contribution in [0.5, 0.6) is 0 Å². The van der Waals surface area contributed by atoms with Crippen molar-refractivity contribution in [2.75, 3.05) is 7.11 Å². The van der Waals surface area contributed by atoms with Crippen LogP contribution in [0.1, 0.15) is 33.2 Å². The fourth-order valence-corrected chi connectivity index (χ4v) is 1.98. The van der Waals surface area contributed by atoms with E-state index in [0.29, 0.717) is 17.0 Å². The fraction of sp³-hybridized carbons (Fsp3) is 0.333. The Bertz CT molecular complexity index is 445. The highest BCUT2D eigenvalue weighted by Crippen LogP contribution is 2.28. The standard InChI is InChI=1S/C12H12BrClO3/c1-7(15)11(13)9-4-3-8(6-14)5-10(9)12(16)17-2/h3-5,11H,6H2,1-2H3. The number of carbonyl (C=O) groups is 2. The molecule has 0 N–H and O–H groups in total. The summed E-state index contributed by atoms with van der Waals surface area (Å²) in [5, 5.41) is 0. The van der Waals surface area contributed by atoms with Gasteiger partial charge in [-0.25, -0.2) is 4.79 Å². The molecule has 1 aromatic rings. The Labute approximate surface area is 113 Å². The van der Waals surface area contributed by atoms with E-state index in [2.05, 4.69) is 15.9 Å². The minimum atomic E-state index is -0.513. The quantitative estimate of drug-likeness (QED) is 0.632. The number of alkyl halides is 2. The lowest BCUT2D eigenvalue weighted by Crippen LogP contribution is -2.11. The van der Waals surface area contributed by atoms with Gasteiger partial charge >= 0.3 is 5.97 Å². The van der Waals surface area contributed by atoms with Crippen molar-refractivity contribution in [3.63, 3.8) is 0 Å². The van der Waals surface area contributed by atoms with Crippen LogP contribution >= 0.6 is 27.5 Å². The van der Waals surface area contributed by atoms with Gasteiger partial charge in [0.2, 0.25) is 0 Å². The van der Waals surface area contributed by atoms with Crippen LogP contribution in [-0.2, 0) is 15.4 Å². The Morgan fingerprint density at radius 1 is 1.47 bits per heavy atom. The molecule has 0 aromatic heterocycles. The van der Waals surface area contributed by atoms with Gasteiger partial charge in [0.15, 0.2) is 0 Å². The maximum absolute atomic E-state index is 11.6. The Morgan fingerprint density at radius 3 is 2.59 bits per heavy atom. The van der Waals surface area contributed by atoms with Gasteiger partial charge in [-0.15, -0.1) is 11.6 Å². The van der Waals surface area contributed by atoms with Crippen LogP contribution in [0.4, 0.5) is 0 Å². The molecule has 0 saturated carbocycles. The summed E-state index contributed by atoms with van der Waals surface area (Å²) in [5.74, 6) is -0.247. The van der Waals surface area contributed by atoms with Crippen LogP contribution in [0.25, 0.3) is 0 Å². The first-order valence-electron chi connectivity index (χ1n) is 4.93. The van der Waals surface area contributed by atoms with Gasteiger partial charge in [0, 0.05) is 5.88 Å². The smallest absolute Gasteiger partial charge is 0.338 e. The number of ether oxygens (including phenoxy) is 1. The molecule has 1 atom stereocenters. The van der Waals surface area contributed by atoms with Crippen molar-refractivity contribution in [2.24, 2.45) is 0 Å². The Balaban J connectivity index is 3.29. The zero-order valence-corrected chi connectivity index (χ0v) is 11.8. The molecule has 0 amide bonds. The van der Waals surface area contributed by atoms with Crippen molar-refractivity contribution in [1.82, 2.24) is 0 Å². The highest BCUT2D eigenvalue weighted by molar-refractivity contribution is 9.09. The summed E-state index contributed by atoms with van der Waals surface area (Å²) < 4.78 is 4.69. The van der Waals surface area contributed by atoms with E-state index in [1.54, 1.807) is 18.2 Å². The molecule has 0 spiro atoms. The summed E-state index contributed by atoms with van der Waals surface area (Å²) in [5.41, 5.74) is 1.76. The van der Waals surface area contributed by atoms with E-state index >= 15 is 0 Å². The summed E-state index contributed by atoms with van der Waals surface area (Å²) in [6, 6.07) is 5.14. The first kappa shape index (κ1) is 14.2. The highest BCUT2D eigenvalue weighted by atomic mass is 79.9. The second-order valence-corrected chi connectivity index (χ2v) is 4.70. The van der Waals surface area contributed by atoms with Gasteiger partial charge in [-0.2, -0.15) is 0 Å². The van der Waals surface area contributed by atoms with Crippen molar-refractivity contribution in [3.8, 4) is 0 Å². The van der Waals surface area contributed by atoms with Gasteiger partial charge in [-0.05, 0) is 24.1 Å². The molecule has 1 unspecified atom stereocenters. The Kier molecular flexibility index (Phi) is 5.15. The third kappa shape index (κ3) is 3.30. The van der Waals surface area contributed by atoms with E-state index in [-0.39, 0.29) is 5.78 Å². The van der Waals surface area contributed by atoms with Gasteiger partial charge in [0.05, 0.1) is 17.5 Å². The van der Waals surface area contributed by atoms with Gasteiger partial charge in [-0.3, -0.25) is 4.79 Å². The zero-order valence-electron chi connectivity index (χ0n) is 9.50. The molecule has 0 heterocycles. The largest absolute Gasteiger partial charge is 0.465 e. The first-order chi connectivity index (χ1) is 8.01. The van der Waals surface area contributed by atoms with E-state index < -0.39 is 10.8 Å². The number of hydrogen-bond acceptors (Lipinski definition) is 3. The molecule has 5 heteroatoms. The SMILES string of the molecule is COC(=O)c1cc(CCl)ccc1C(Br)C(C)=O. The number of benzene rings is 1. The molecular formula is C12H12BrClO3. The number of hydrogen-bond donors (Lipinski definition) is 0. The molecule has 0 radical (unpaired) electrons. The number of carbonyl (C=O) groups excluding carboxylic acids is 2. The first-order valence-corrected chi connectivity index (χ1v) is 6.38. The molecule has 0 saturated heterocycles. The van der Waals surface area contributed by atoms with Crippen LogP contribution in [-0.4, -0.2) is 18.9 Å². The minimum absolute atomic E-state index is 0.0752.